The van der Waals surface area contributed by atoms with Crippen molar-refractivity contribution in [1.82, 2.24) is 34.9 Å². The van der Waals surface area contributed by atoms with Gasteiger partial charge in [-0.3, -0.25) is 10.00 Å². The van der Waals surface area contributed by atoms with E-state index in [1.165, 1.54) is 0 Å². The van der Waals surface area contributed by atoms with E-state index >= 15 is 0 Å². The van der Waals surface area contributed by atoms with Gasteiger partial charge in [-0.05, 0) is 54.7 Å². The normalized spacial score (nSPS) is 22.0. The second-order valence-corrected chi connectivity index (χ2v) is 9.94. The van der Waals surface area contributed by atoms with Crippen LogP contribution in [0.1, 0.15) is 52.8 Å². The molecule has 2 amide bonds. The highest BCUT2D eigenvalue weighted by atomic mass is 16.2. The Morgan fingerprint density at radius 1 is 1.31 bits per heavy atom. The zero-order valence-electron chi connectivity index (χ0n) is 20.2. The van der Waals surface area contributed by atoms with E-state index < -0.39 is 5.54 Å². The Hall–Kier alpha value is -2.88. The summed E-state index contributed by atoms with van der Waals surface area (Å²) in [6.45, 7) is 15.4. The van der Waals surface area contributed by atoms with Crippen molar-refractivity contribution in [1.29, 1.82) is 0 Å². The van der Waals surface area contributed by atoms with Gasteiger partial charge in [0.25, 0.3) is 0 Å². The number of urea groups is 1. The molecular weight excluding hydrogens is 406 g/mol. The molecule has 1 fully saturated rings. The molecule has 0 bridgehead atoms. The smallest absolute Gasteiger partial charge is 0.321 e. The summed E-state index contributed by atoms with van der Waals surface area (Å²) in [6, 6.07) is 2.02. The van der Waals surface area contributed by atoms with Gasteiger partial charge >= 0.3 is 6.03 Å². The molecule has 0 saturated carbocycles. The fourth-order valence-corrected chi connectivity index (χ4v) is 4.57. The first-order valence-corrected chi connectivity index (χ1v) is 11.3. The van der Waals surface area contributed by atoms with Crippen LogP contribution in [-0.2, 0) is 12.1 Å². The van der Waals surface area contributed by atoms with Gasteiger partial charge in [0.1, 0.15) is 5.82 Å². The highest BCUT2D eigenvalue weighted by Gasteiger charge is 2.47. The van der Waals surface area contributed by atoms with Crippen LogP contribution in [-0.4, -0.2) is 79.2 Å². The zero-order chi connectivity index (χ0) is 23.3. The number of hydrogen-bond acceptors (Lipinski definition) is 7. The van der Waals surface area contributed by atoms with E-state index in [4.69, 9.17) is 0 Å². The van der Waals surface area contributed by atoms with Crippen LogP contribution in [0.2, 0.25) is 0 Å². The number of aromatic nitrogens is 4. The SMILES string of the molecule is CCNc1nccc(Nc2n[nH]c3c2CN(C(=O)N2CC(C)(C)N(C)C[C@@H]2C)C3(C)C)n1. The molecule has 1 saturated heterocycles. The van der Waals surface area contributed by atoms with Gasteiger partial charge in [-0.25, -0.2) is 9.78 Å². The molecule has 3 N–H and O–H groups in total. The molecule has 1 atom stereocenters. The highest BCUT2D eigenvalue weighted by Crippen LogP contribution is 2.42. The average Bonchev–Trinajstić information content (AvgIpc) is 3.23. The molecule has 4 heterocycles. The maximum absolute atomic E-state index is 13.7. The molecule has 10 nitrogen and oxygen atoms in total. The molecule has 0 unspecified atom stereocenters. The summed E-state index contributed by atoms with van der Waals surface area (Å²) in [7, 11) is 2.13. The molecule has 2 aliphatic rings. The largest absolute Gasteiger partial charge is 0.354 e. The standard InChI is InChI=1S/C22H35N9O/c1-8-23-19-24-10-9-16(26-19)25-18-15-12-31(22(5,6)17(15)27-28-18)20(32)30-13-21(3,4)29(7)11-14(30)2/h9-10,14H,8,11-13H2,1-7H3,(H3,23,24,25,26,27,28)/t14-/m0/s1. The summed E-state index contributed by atoms with van der Waals surface area (Å²) >= 11 is 0. The number of H-pyrrole nitrogens is 1. The molecule has 32 heavy (non-hydrogen) atoms. The third-order valence-corrected chi connectivity index (χ3v) is 6.84. The maximum atomic E-state index is 13.7. The van der Waals surface area contributed by atoms with E-state index in [0.29, 0.717) is 30.7 Å². The Balaban J connectivity index is 1.56. The first kappa shape index (κ1) is 22.3. The lowest BCUT2D eigenvalue weighted by atomic mass is 9.96. The van der Waals surface area contributed by atoms with Crippen molar-refractivity contribution < 1.29 is 4.79 Å². The number of carbonyl (C=O) groups is 1. The minimum absolute atomic E-state index is 0.0636. The monoisotopic (exact) mass is 441 g/mol. The fraction of sp³-hybridized carbons (Fsp3) is 0.636. The van der Waals surface area contributed by atoms with Crippen LogP contribution in [0, 0.1) is 0 Å². The Morgan fingerprint density at radius 2 is 2.06 bits per heavy atom. The predicted molar refractivity (Wildman–Crippen MR) is 125 cm³/mol. The quantitative estimate of drug-likeness (QED) is 0.670. The van der Waals surface area contributed by atoms with Crippen LogP contribution >= 0.6 is 0 Å². The van der Waals surface area contributed by atoms with Crippen molar-refractivity contribution in [2.75, 3.05) is 37.3 Å². The van der Waals surface area contributed by atoms with Crippen molar-refractivity contribution in [2.45, 2.75) is 65.2 Å². The molecule has 2 aliphatic heterocycles. The van der Waals surface area contributed by atoms with E-state index in [1.54, 1.807) is 12.3 Å². The lowest BCUT2D eigenvalue weighted by Gasteiger charge is -2.50. The lowest BCUT2D eigenvalue weighted by Crippen LogP contribution is -2.65. The van der Waals surface area contributed by atoms with Crippen molar-refractivity contribution in [2.24, 2.45) is 0 Å². The summed E-state index contributed by atoms with van der Waals surface area (Å²) in [5, 5.41) is 14.1. The van der Waals surface area contributed by atoms with E-state index in [2.05, 4.69) is 77.4 Å². The topological polar surface area (TPSA) is 105 Å². The molecule has 2 aromatic heterocycles. The van der Waals surface area contributed by atoms with Crippen LogP contribution in [0.15, 0.2) is 12.3 Å². The third kappa shape index (κ3) is 3.76. The number of hydrogen-bond donors (Lipinski definition) is 3. The van der Waals surface area contributed by atoms with Gasteiger partial charge in [0.2, 0.25) is 5.95 Å². The number of carbonyl (C=O) groups excluding carboxylic acids is 1. The fourth-order valence-electron chi connectivity index (χ4n) is 4.57. The summed E-state index contributed by atoms with van der Waals surface area (Å²) < 4.78 is 0. The number of piperazine rings is 1. The zero-order valence-corrected chi connectivity index (χ0v) is 20.2. The van der Waals surface area contributed by atoms with Crippen LogP contribution in [0.5, 0.6) is 0 Å². The number of fused-ring (bicyclic) bond motifs is 1. The molecule has 0 aromatic carbocycles. The van der Waals surface area contributed by atoms with Crippen LogP contribution in [0.25, 0.3) is 0 Å². The van der Waals surface area contributed by atoms with Crippen LogP contribution < -0.4 is 10.6 Å². The number of amides is 2. The first-order chi connectivity index (χ1) is 15.0. The van der Waals surface area contributed by atoms with E-state index in [0.717, 1.165) is 24.3 Å². The lowest BCUT2D eigenvalue weighted by molar-refractivity contribution is 0.00695. The van der Waals surface area contributed by atoms with Gasteiger partial charge < -0.3 is 20.4 Å². The molecule has 2 aromatic rings. The average molecular weight is 442 g/mol. The molecule has 0 aliphatic carbocycles. The predicted octanol–water partition coefficient (Wildman–Crippen LogP) is 2.96. The highest BCUT2D eigenvalue weighted by molar-refractivity contribution is 5.78. The van der Waals surface area contributed by atoms with Gasteiger partial charge in [0, 0.05) is 43.0 Å². The van der Waals surface area contributed by atoms with Gasteiger partial charge in [0.05, 0.1) is 17.8 Å². The number of nitrogens with zero attached hydrogens (tertiary/aromatic N) is 6. The van der Waals surface area contributed by atoms with Crippen LogP contribution in [0.4, 0.5) is 22.4 Å². The number of likely N-dealkylation sites (N-methyl/N-ethyl adjacent to an activating group) is 1. The maximum Gasteiger partial charge on any atom is 0.321 e. The number of aromatic amines is 1. The van der Waals surface area contributed by atoms with Gasteiger partial charge in [-0.15, -0.1) is 0 Å². The van der Waals surface area contributed by atoms with Crippen molar-refractivity contribution in [3.05, 3.63) is 23.5 Å². The van der Waals surface area contributed by atoms with E-state index in [9.17, 15) is 4.79 Å². The molecule has 4 rings (SSSR count). The Kier molecular flexibility index (Phi) is 5.52. The first-order valence-electron chi connectivity index (χ1n) is 11.3. The Morgan fingerprint density at radius 3 is 2.78 bits per heavy atom. The molecule has 0 spiro atoms. The number of anilines is 3. The Labute approximate surface area is 189 Å². The van der Waals surface area contributed by atoms with E-state index in [1.807, 2.05) is 16.7 Å². The summed E-state index contributed by atoms with van der Waals surface area (Å²) in [5.74, 6) is 1.91. The van der Waals surface area contributed by atoms with Crippen molar-refractivity contribution >= 4 is 23.6 Å². The summed E-state index contributed by atoms with van der Waals surface area (Å²) in [6.07, 6.45) is 1.70. The van der Waals surface area contributed by atoms with Crippen molar-refractivity contribution in [3.8, 4) is 0 Å². The minimum Gasteiger partial charge on any atom is -0.354 e. The Bertz CT molecular complexity index is 999. The van der Waals surface area contributed by atoms with Crippen LogP contribution in [0.3, 0.4) is 0 Å². The third-order valence-electron chi connectivity index (χ3n) is 6.84. The van der Waals surface area contributed by atoms with E-state index in [-0.39, 0.29) is 17.6 Å². The second kappa shape index (κ2) is 7.91. The van der Waals surface area contributed by atoms with Gasteiger partial charge in [0.15, 0.2) is 5.82 Å². The van der Waals surface area contributed by atoms with Gasteiger partial charge in [-0.2, -0.15) is 10.1 Å². The molecular formula is C22H35N9O. The minimum atomic E-state index is -0.493. The molecule has 174 valence electrons. The summed E-state index contributed by atoms with van der Waals surface area (Å²) in [5.41, 5.74) is 1.39. The van der Waals surface area contributed by atoms with Crippen molar-refractivity contribution in [3.63, 3.8) is 0 Å². The number of nitrogens with one attached hydrogen (secondary N) is 3. The molecule has 0 radical (unpaired) electrons. The summed E-state index contributed by atoms with van der Waals surface area (Å²) in [4.78, 5) is 28.7. The second-order valence-electron chi connectivity index (χ2n) is 9.94. The number of rotatable bonds is 4. The molecule has 10 heteroatoms. The van der Waals surface area contributed by atoms with Gasteiger partial charge in [-0.1, -0.05) is 0 Å².